The lowest BCUT2D eigenvalue weighted by molar-refractivity contribution is -0.114. The van der Waals surface area contributed by atoms with Gasteiger partial charge in [-0.1, -0.05) is 0 Å². The lowest BCUT2D eigenvalue weighted by atomic mass is 10.2. The van der Waals surface area contributed by atoms with Gasteiger partial charge in [0.05, 0.1) is 0 Å². The summed E-state index contributed by atoms with van der Waals surface area (Å²) in [5.41, 5.74) is 1.48. The van der Waals surface area contributed by atoms with E-state index < -0.39 is 17.5 Å². The van der Waals surface area contributed by atoms with Crippen molar-refractivity contribution in [3.63, 3.8) is 0 Å². The molecule has 2 amide bonds. The van der Waals surface area contributed by atoms with Crippen molar-refractivity contribution >= 4 is 34.7 Å². The topological polar surface area (TPSA) is 96.0 Å². The number of hydrogen-bond acceptors (Lipinski definition) is 5. The van der Waals surface area contributed by atoms with Crippen molar-refractivity contribution in [2.75, 3.05) is 16.0 Å². The van der Waals surface area contributed by atoms with Crippen molar-refractivity contribution in [3.8, 4) is 0 Å². The minimum Gasteiger partial charge on any atom is -0.340 e. The van der Waals surface area contributed by atoms with Crippen molar-refractivity contribution < 1.29 is 18.4 Å². The van der Waals surface area contributed by atoms with Gasteiger partial charge in [-0.3, -0.25) is 9.59 Å². The molecule has 0 spiro atoms. The van der Waals surface area contributed by atoms with Crippen molar-refractivity contribution in [1.82, 2.24) is 9.97 Å². The van der Waals surface area contributed by atoms with Gasteiger partial charge in [-0.25, -0.2) is 18.7 Å². The van der Waals surface area contributed by atoms with E-state index in [1.807, 2.05) is 0 Å². The maximum Gasteiger partial charge on any atom is 0.274 e. The molecular formula is C20H17F2N5O2. The van der Waals surface area contributed by atoms with Crippen LogP contribution in [0.15, 0.2) is 48.5 Å². The number of rotatable bonds is 5. The lowest BCUT2D eigenvalue weighted by Gasteiger charge is -2.10. The van der Waals surface area contributed by atoms with Gasteiger partial charge in [-0.15, -0.1) is 0 Å². The van der Waals surface area contributed by atoms with Gasteiger partial charge in [0.2, 0.25) is 5.91 Å². The average Bonchev–Trinajstić information content (AvgIpc) is 2.65. The Morgan fingerprint density at radius 2 is 1.45 bits per heavy atom. The standard InChI is InChI=1S/C20H17F2N5O2/c1-11-23-18(10-19(24-11)26-15-7-8-16(21)17(22)9-15)20(29)27-14-5-3-13(4-6-14)25-12(2)28/h3-10H,1-2H3,(H,25,28)(H,27,29)(H,23,24,26). The number of anilines is 4. The highest BCUT2D eigenvalue weighted by Gasteiger charge is 2.12. The molecule has 7 nitrogen and oxygen atoms in total. The van der Waals surface area contributed by atoms with Gasteiger partial charge in [0.1, 0.15) is 17.3 Å². The number of amides is 2. The minimum absolute atomic E-state index is 0.0912. The Bertz CT molecular complexity index is 1070. The second-order valence-corrected chi connectivity index (χ2v) is 6.15. The van der Waals surface area contributed by atoms with Gasteiger partial charge >= 0.3 is 0 Å². The number of benzene rings is 2. The molecule has 1 heterocycles. The highest BCUT2D eigenvalue weighted by Crippen LogP contribution is 2.19. The summed E-state index contributed by atoms with van der Waals surface area (Å²) >= 11 is 0. The molecule has 0 fully saturated rings. The molecule has 0 saturated heterocycles. The molecule has 0 radical (unpaired) electrons. The van der Waals surface area contributed by atoms with Gasteiger partial charge in [-0.05, 0) is 43.3 Å². The van der Waals surface area contributed by atoms with Gasteiger partial charge in [0, 0.05) is 36.1 Å². The molecule has 0 aliphatic carbocycles. The molecule has 0 atom stereocenters. The predicted octanol–water partition coefficient (Wildman–Crippen LogP) is 4.02. The van der Waals surface area contributed by atoms with Gasteiger partial charge in [0.15, 0.2) is 11.6 Å². The molecule has 3 N–H and O–H groups in total. The third kappa shape index (κ3) is 5.32. The van der Waals surface area contributed by atoms with E-state index in [4.69, 9.17) is 0 Å². The zero-order chi connectivity index (χ0) is 21.0. The lowest BCUT2D eigenvalue weighted by Crippen LogP contribution is -2.15. The number of aryl methyl sites for hydroxylation is 1. The van der Waals surface area contributed by atoms with Crippen LogP contribution in [0.1, 0.15) is 23.2 Å². The monoisotopic (exact) mass is 397 g/mol. The van der Waals surface area contributed by atoms with Crippen LogP contribution in [-0.2, 0) is 4.79 Å². The van der Waals surface area contributed by atoms with E-state index in [0.29, 0.717) is 17.2 Å². The number of carbonyl (C=O) groups excluding carboxylic acids is 2. The summed E-state index contributed by atoms with van der Waals surface area (Å²) in [5, 5.41) is 8.15. The fourth-order valence-electron chi connectivity index (χ4n) is 2.51. The highest BCUT2D eigenvalue weighted by molar-refractivity contribution is 6.03. The maximum atomic E-state index is 13.4. The third-order valence-corrected chi connectivity index (χ3v) is 3.73. The Kier molecular flexibility index (Phi) is 5.77. The molecule has 0 saturated carbocycles. The molecule has 3 rings (SSSR count). The Balaban J connectivity index is 1.75. The van der Waals surface area contributed by atoms with Crippen LogP contribution in [0.3, 0.4) is 0 Å². The van der Waals surface area contributed by atoms with Crippen molar-refractivity contribution in [2.45, 2.75) is 13.8 Å². The van der Waals surface area contributed by atoms with Crippen molar-refractivity contribution in [3.05, 3.63) is 71.7 Å². The summed E-state index contributed by atoms with van der Waals surface area (Å²) in [6.45, 7) is 3.01. The van der Waals surface area contributed by atoms with E-state index in [1.54, 1.807) is 31.2 Å². The third-order valence-electron chi connectivity index (χ3n) is 3.73. The molecule has 3 aromatic rings. The summed E-state index contributed by atoms with van der Waals surface area (Å²) in [6.07, 6.45) is 0. The zero-order valence-corrected chi connectivity index (χ0v) is 15.6. The fourth-order valence-corrected chi connectivity index (χ4v) is 2.51. The summed E-state index contributed by atoms with van der Waals surface area (Å²) in [7, 11) is 0. The molecule has 9 heteroatoms. The Morgan fingerprint density at radius 3 is 2.07 bits per heavy atom. The number of carbonyl (C=O) groups is 2. The Morgan fingerprint density at radius 1 is 0.828 bits per heavy atom. The summed E-state index contributed by atoms with van der Waals surface area (Å²) in [5.74, 6) is -2.05. The van der Waals surface area contributed by atoms with Crippen LogP contribution < -0.4 is 16.0 Å². The average molecular weight is 397 g/mol. The fraction of sp³-hybridized carbons (Fsp3) is 0.100. The van der Waals surface area contributed by atoms with E-state index in [-0.39, 0.29) is 23.1 Å². The van der Waals surface area contributed by atoms with Crippen LogP contribution in [0.25, 0.3) is 0 Å². The van der Waals surface area contributed by atoms with Crippen LogP contribution >= 0.6 is 0 Å². The molecule has 29 heavy (non-hydrogen) atoms. The van der Waals surface area contributed by atoms with Gasteiger partial charge in [0.25, 0.3) is 5.91 Å². The molecule has 1 aromatic heterocycles. The smallest absolute Gasteiger partial charge is 0.274 e. The highest BCUT2D eigenvalue weighted by atomic mass is 19.2. The normalized spacial score (nSPS) is 10.3. The second-order valence-electron chi connectivity index (χ2n) is 6.15. The molecular weight excluding hydrogens is 380 g/mol. The van der Waals surface area contributed by atoms with Gasteiger partial charge < -0.3 is 16.0 Å². The largest absolute Gasteiger partial charge is 0.340 e. The number of nitrogens with one attached hydrogen (secondary N) is 3. The summed E-state index contributed by atoms with van der Waals surface area (Å²) in [4.78, 5) is 31.8. The molecule has 148 valence electrons. The summed E-state index contributed by atoms with van der Waals surface area (Å²) in [6, 6.07) is 11.3. The Hall–Kier alpha value is -3.88. The quantitative estimate of drug-likeness (QED) is 0.604. The Labute approximate surface area is 165 Å². The molecule has 0 aliphatic heterocycles. The first-order valence-electron chi connectivity index (χ1n) is 8.57. The van der Waals surface area contributed by atoms with Crippen LogP contribution in [0.5, 0.6) is 0 Å². The first kappa shape index (κ1) is 19.9. The number of aromatic nitrogens is 2. The van der Waals surface area contributed by atoms with Crippen LogP contribution in [-0.4, -0.2) is 21.8 Å². The maximum absolute atomic E-state index is 13.4. The van der Waals surface area contributed by atoms with E-state index in [9.17, 15) is 18.4 Å². The first-order valence-corrected chi connectivity index (χ1v) is 8.57. The van der Waals surface area contributed by atoms with Crippen LogP contribution in [0.4, 0.5) is 31.7 Å². The van der Waals surface area contributed by atoms with Crippen molar-refractivity contribution in [1.29, 1.82) is 0 Å². The van der Waals surface area contributed by atoms with E-state index in [2.05, 4.69) is 25.9 Å². The number of hydrogen-bond donors (Lipinski definition) is 3. The van der Waals surface area contributed by atoms with Gasteiger partial charge in [-0.2, -0.15) is 0 Å². The SMILES string of the molecule is CC(=O)Nc1ccc(NC(=O)c2cc(Nc3ccc(F)c(F)c3)nc(C)n2)cc1. The second kappa shape index (κ2) is 8.42. The van der Waals surface area contributed by atoms with E-state index in [0.717, 1.165) is 12.1 Å². The minimum atomic E-state index is -0.999. The number of nitrogens with zero attached hydrogens (tertiary/aromatic N) is 2. The summed E-state index contributed by atoms with van der Waals surface area (Å²) < 4.78 is 26.4. The van der Waals surface area contributed by atoms with E-state index >= 15 is 0 Å². The molecule has 2 aromatic carbocycles. The van der Waals surface area contributed by atoms with Crippen molar-refractivity contribution in [2.24, 2.45) is 0 Å². The molecule has 0 unspecified atom stereocenters. The first-order chi connectivity index (χ1) is 13.8. The molecule has 0 aliphatic rings. The number of halogens is 2. The molecule has 0 bridgehead atoms. The predicted molar refractivity (Wildman–Crippen MR) is 105 cm³/mol. The van der Waals surface area contributed by atoms with Crippen LogP contribution in [0, 0.1) is 18.6 Å². The zero-order valence-electron chi connectivity index (χ0n) is 15.6. The van der Waals surface area contributed by atoms with Crippen LogP contribution in [0.2, 0.25) is 0 Å². The van der Waals surface area contributed by atoms with E-state index in [1.165, 1.54) is 19.1 Å².